The minimum Gasteiger partial charge on any atom is -0.483 e. The van der Waals surface area contributed by atoms with Crippen molar-refractivity contribution in [2.24, 2.45) is 0 Å². The number of aryl methyl sites for hydroxylation is 1. The van der Waals surface area contributed by atoms with E-state index < -0.39 is 0 Å². The Kier molecular flexibility index (Phi) is 10.7. The Morgan fingerprint density at radius 3 is 2.59 bits per heavy atom. The molecule has 1 rings (SSSR count). The van der Waals surface area contributed by atoms with Gasteiger partial charge in [0.15, 0.2) is 6.61 Å². The Morgan fingerprint density at radius 2 is 1.95 bits per heavy atom. The second-order valence-corrected chi connectivity index (χ2v) is 5.58. The van der Waals surface area contributed by atoms with Gasteiger partial charge in [0, 0.05) is 13.1 Å². The van der Waals surface area contributed by atoms with E-state index in [-0.39, 0.29) is 24.9 Å². The van der Waals surface area contributed by atoms with Crippen LogP contribution < -0.4 is 15.4 Å². The fourth-order valence-corrected chi connectivity index (χ4v) is 2.03. The molecule has 22 heavy (non-hydrogen) atoms. The zero-order chi connectivity index (χ0) is 15.7. The minimum absolute atomic E-state index is 0. The smallest absolute Gasteiger partial charge is 0.257 e. The highest BCUT2D eigenvalue weighted by Gasteiger charge is 2.10. The second kappa shape index (κ2) is 11.3. The van der Waals surface area contributed by atoms with Crippen molar-refractivity contribution in [2.45, 2.75) is 40.0 Å². The van der Waals surface area contributed by atoms with E-state index in [4.69, 9.17) is 4.74 Å². The Bertz CT molecular complexity index is 450. The van der Waals surface area contributed by atoms with Gasteiger partial charge < -0.3 is 15.4 Å². The van der Waals surface area contributed by atoms with Gasteiger partial charge in [-0.05, 0) is 43.0 Å². The van der Waals surface area contributed by atoms with E-state index in [1.165, 1.54) is 0 Å². The highest BCUT2D eigenvalue weighted by Crippen LogP contribution is 2.27. The van der Waals surface area contributed by atoms with Gasteiger partial charge in [-0.1, -0.05) is 32.9 Å². The molecule has 1 amide bonds. The number of ether oxygens (including phenoxy) is 1. The first-order chi connectivity index (χ1) is 10.0. The Balaban J connectivity index is 0.00000441. The van der Waals surface area contributed by atoms with Gasteiger partial charge in [-0.15, -0.1) is 12.4 Å². The third-order valence-electron chi connectivity index (χ3n) is 3.20. The summed E-state index contributed by atoms with van der Waals surface area (Å²) in [7, 11) is 0. The highest BCUT2D eigenvalue weighted by molar-refractivity contribution is 5.85. The van der Waals surface area contributed by atoms with Crippen LogP contribution in [0.5, 0.6) is 5.75 Å². The molecule has 4 nitrogen and oxygen atoms in total. The fourth-order valence-electron chi connectivity index (χ4n) is 2.03. The zero-order valence-electron chi connectivity index (χ0n) is 14.1. The summed E-state index contributed by atoms with van der Waals surface area (Å²) in [6, 6.07) is 6.13. The molecule has 0 saturated carbocycles. The lowest BCUT2D eigenvalue weighted by atomic mass is 10.0. The average Bonchev–Trinajstić information content (AvgIpc) is 2.44. The number of nitrogens with one attached hydrogen (secondary N) is 2. The quantitative estimate of drug-likeness (QED) is 0.685. The molecule has 0 radical (unpaired) electrons. The molecule has 0 aliphatic rings. The SMILES string of the molecule is CCCNCCNC(=O)COc1cc(C)ccc1C(C)C.Cl. The summed E-state index contributed by atoms with van der Waals surface area (Å²) in [5.74, 6) is 1.11. The van der Waals surface area contributed by atoms with Crippen molar-refractivity contribution in [2.75, 3.05) is 26.2 Å². The van der Waals surface area contributed by atoms with Gasteiger partial charge in [0.25, 0.3) is 5.91 Å². The van der Waals surface area contributed by atoms with Crippen molar-refractivity contribution < 1.29 is 9.53 Å². The summed E-state index contributed by atoms with van der Waals surface area (Å²) in [4.78, 5) is 11.8. The summed E-state index contributed by atoms with van der Waals surface area (Å²) in [5.41, 5.74) is 2.27. The fraction of sp³-hybridized carbons (Fsp3) is 0.588. The molecular formula is C17H29ClN2O2. The third kappa shape index (κ3) is 7.66. The maximum atomic E-state index is 11.8. The molecule has 0 aliphatic heterocycles. The molecule has 0 saturated heterocycles. The average molecular weight is 329 g/mol. The predicted molar refractivity (Wildman–Crippen MR) is 94.2 cm³/mol. The minimum atomic E-state index is -0.0792. The van der Waals surface area contributed by atoms with Crippen molar-refractivity contribution in [1.29, 1.82) is 0 Å². The van der Waals surface area contributed by atoms with E-state index in [9.17, 15) is 4.79 Å². The van der Waals surface area contributed by atoms with Crippen molar-refractivity contribution in [1.82, 2.24) is 10.6 Å². The summed E-state index contributed by atoms with van der Waals surface area (Å²) in [6.45, 7) is 10.9. The van der Waals surface area contributed by atoms with Crippen molar-refractivity contribution in [3.63, 3.8) is 0 Å². The molecule has 0 unspecified atom stereocenters. The summed E-state index contributed by atoms with van der Waals surface area (Å²) < 4.78 is 5.69. The zero-order valence-corrected chi connectivity index (χ0v) is 14.9. The highest BCUT2D eigenvalue weighted by atomic mass is 35.5. The maximum absolute atomic E-state index is 11.8. The number of carbonyl (C=O) groups is 1. The van der Waals surface area contributed by atoms with Gasteiger partial charge in [-0.2, -0.15) is 0 Å². The molecule has 0 aliphatic carbocycles. The molecule has 0 heterocycles. The van der Waals surface area contributed by atoms with Crippen LogP contribution in [-0.2, 0) is 4.79 Å². The van der Waals surface area contributed by atoms with E-state index >= 15 is 0 Å². The van der Waals surface area contributed by atoms with Crippen LogP contribution in [0, 0.1) is 6.92 Å². The number of halogens is 1. The maximum Gasteiger partial charge on any atom is 0.257 e. The van der Waals surface area contributed by atoms with E-state index in [1.54, 1.807) is 0 Å². The summed E-state index contributed by atoms with van der Waals surface area (Å²) in [5, 5.41) is 6.09. The number of hydrogen-bond donors (Lipinski definition) is 2. The number of amides is 1. The summed E-state index contributed by atoms with van der Waals surface area (Å²) >= 11 is 0. The number of hydrogen-bond acceptors (Lipinski definition) is 3. The van der Waals surface area contributed by atoms with Crippen LogP contribution in [0.2, 0.25) is 0 Å². The molecule has 0 bridgehead atoms. The second-order valence-electron chi connectivity index (χ2n) is 5.58. The van der Waals surface area contributed by atoms with E-state index in [0.29, 0.717) is 12.5 Å². The largest absolute Gasteiger partial charge is 0.483 e. The first kappa shape index (κ1) is 20.7. The van der Waals surface area contributed by atoms with Crippen LogP contribution in [-0.4, -0.2) is 32.1 Å². The van der Waals surface area contributed by atoms with Gasteiger partial charge >= 0.3 is 0 Å². The molecular weight excluding hydrogens is 300 g/mol. The van der Waals surface area contributed by atoms with Gasteiger partial charge in [0.2, 0.25) is 0 Å². The number of rotatable bonds is 9. The molecule has 1 aromatic rings. The van der Waals surface area contributed by atoms with E-state index in [1.807, 2.05) is 13.0 Å². The first-order valence-corrected chi connectivity index (χ1v) is 7.75. The van der Waals surface area contributed by atoms with Crippen LogP contribution in [0.3, 0.4) is 0 Å². The topological polar surface area (TPSA) is 50.4 Å². The molecule has 1 aromatic carbocycles. The van der Waals surface area contributed by atoms with Gasteiger partial charge in [-0.25, -0.2) is 0 Å². The van der Waals surface area contributed by atoms with E-state index in [0.717, 1.165) is 36.4 Å². The van der Waals surface area contributed by atoms with Crippen LogP contribution in [0.25, 0.3) is 0 Å². The van der Waals surface area contributed by atoms with Crippen LogP contribution >= 0.6 is 12.4 Å². The first-order valence-electron chi connectivity index (χ1n) is 7.75. The molecule has 2 N–H and O–H groups in total. The molecule has 126 valence electrons. The third-order valence-corrected chi connectivity index (χ3v) is 3.20. The molecule has 0 fully saturated rings. The van der Waals surface area contributed by atoms with Gasteiger partial charge in [0.1, 0.15) is 5.75 Å². The molecule has 0 aromatic heterocycles. The van der Waals surface area contributed by atoms with Crippen molar-refractivity contribution in [3.05, 3.63) is 29.3 Å². The summed E-state index contributed by atoms with van der Waals surface area (Å²) in [6.07, 6.45) is 1.10. The van der Waals surface area contributed by atoms with Gasteiger partial charge in [0.05, 0.1) is 0 Å². The lowest BCUT2D eigenvalue weighted by Crippen LogP contribution is -2.35. The van der Waals surface area contributed by atoms with Crippen LogP contribution in [0.4, 0.5) is 0 Å². The monoisotopic (exact) mass is 328 g/mol. The number of carbonyl (C=O) groups excluding carboxylic acids is 1. The van der Waals surface area contributed by atoms with Gasteiger partial charge in [-0.3, -0.25) is 4.79 Å². The number of benzene rings is 1. The van der Waals surface area contributed by atoms with Crippen molar-refractivity contribution >= 4 is 18.3 Å². The molecule has 5 heteroatoms. The standard InChI is InChI=1S/C17H28N2O2.ClH/c1-5-8-18-9-10-19-17(20)12-21-16-11-14(4)6-7-15(16)13(2)3;/h6-7,11,13,18H,5,8-10,12H2,1-4H3,(H,19,20);1H. The van der Waals surface area contributed by atoms with Crippen LogP contribution in [0.15, 0.2) is 18.2 Å². The Labute approximate surface area is 140 Å². The molecule has 0 spiro atoms. The molecule has 0 atom stereocenters. The predicted octanol–water partition coefficient (Wildman–Crippen LogP) is 3.03. The Hall–Kier alpha value is -1.26. The van der Waals surface area contributed by atoms with Crippen molar-refractivity contribution in [3.8, 4) is 5.75 Å². The van der Waals surface area contributed by atoms with E-state index in [2.05, 4.69) is 43.5 Å². The Morgan fingerprint density at radius 1 is 1.23 bits per heavy atom. The lowest BCUT2D eigenvalue weighted by Gasteiger charge is -2.14. The lowest BCUT2D eigenvalue weighted by molar-refractivity contribution is -0.123. The normalized spacial score (nSPS) is 10.2. The van der Waals surface area contributed by atoms with Crippen LogP contribution in [0.1, 0.15) is 44.2 Å².